The molecule has 1 aliphatic heterocycles. The summed E-state index contributed by atoms with van der Waals surface area (Å²) in [4.78, 5) is 19.1. The monoisotopic (exact) mass is 300 g/mol. The van der Waals surface area contributed by atoms with Gasteiger partial charge in [0.1, 0.15) is 0 Å². The van der Waals surface area contributed by atoms with Crippen molar-refractivity contribution in [1.29, 1.82) is 0 Å². The predicted octanol–water partition coefficient (Wildman–Crippen LogP) is 3.27. The Morgan fingerprint density at radius 1 is 1.27 bits per heavy atom. The molecule has 5 nitrogen and oxygen atoms in total. The molecule has 1 atom stereocenters. The lowest BCUT2D eigenvalue weighted by Gasteiger charge is -2.20. The van der Waals surface area contributed by atoms with Crippen LogP contribution in [-0.4, -0.2) is 38.7 Å². The van der Waals surface area contributed by atoms with Crippen LogP contribution >= 0.6 is 0 Å². The SMILES string of the molecule is CC1CCCN(C(=O)c2cnc3c(cnn3C(C)C)c2)CC1. The summed E-state index contributed by atoms with van der Waals surface area (Å²) in [6.07, 6.45) is 6.88. The van der Waals surface area contributed by atoms with E-state index < -0.39 is 0 Å². The Bertz CT molecular complexity index is 676. The van der Waals surface area contributed by atoms with E-state index in [4.69, 9.17) is 0 Å². The van der Waals surface area contributed by atoms with E-state index in [2.05, 4.69) is 30.9 Å². The fraction of sp³-hybridized carbons (Fsp3) is 0.588. The zero-order valence-electron chi connectivity index (χ0n) is 13.6. The largest absolute Gasteiger partial charge is 0.339 e. The molecule has 0 saturated carbocycles. The van der Waals surface area contributed by atoms with Crippen LogP contribution in [0.25, 0.3) is 11.0 Å². The lowest BCUT2D eigenvalue weighted by Crippen LogP contribution is -2.32. The normalized spacial score (nSPS) is 19.6. The number of nitrogens with zero attached hydrogens (tertiary/aromatic N) is 4. The minimum atomic E-state index is 0.0980. The summed E-state index contributed by atoms with van der Waals surface area (Å²) in [7, 11) is 0. The van der Waals surface area contributed by atoms with Gasteiger partial charge in [0.2, 0.25) is 0 Å². The van der Waals surface area contributed by atoms with Crippen LogP contribution in [0.15, 0.2) is 18.5 Å². The van der Waals surface area contributed by atoms with Gasteiger partial charge in [0.05, 0.1) is 11.8 Å². The van der Waals surface area contributed by atoms with Crippen LogP contribution in [0.5, 0.6) is 0 Å². The fourth-order valence-corrected chi connectivity index (χ4v) is 3.08. The average molecular weight is 300 g/mol. The highest BCUT2D eigenvalue weighted by molar-refractivity contribution is 5.96. The van der Waals surface area contributed by atoms with Gasteiger partial charge < -0.3 is 4.90 Å². The lowest BCUT2D eigenvalue weighted by molar-refractivity contribution is 0.0760. The molecular formula is C17H24N4O. The number of aromatic nitrogens is 3. The Kier molecular flexibility index (Phi) is 4.14. The molecule has 0 aromatic carbocycles. The van der Waals surface area contributed by atoms with E-state index >= 15 is 0 Å². The van der Waals surface area contributed by atoms with Crippen molar-refractivity contribution in [3.63, 3.8) is 0 Å². The summed E-state index contributed by atoms with van der Waals surface area (Å²) >= 11 is 0. The molecular weight excluding hydrogens is 276 g/mol. The van der Waals surface area contributed by atoms with Crippen molar-refractivity contribution in [1.82, 2.24) is 19.7 Å². The fourth-order valence-electron chi connectivity index (χ4n) is 3.08. The molecule has 0 bridgehead atoms. The van der Waals surface area contributed by atoms with Crippen LogP contribution in [0.2, 0.25) is 0 Å². The summed E-state index contributed by atoms with van der Waals surface area (Å²) in [5.74, 6) is 0.809. The Labute approximate surface area is 131 Å². The van der Waals surface area contributed by atoms with E-state index in [0.717, 1.165) is 37.0 Å². The maximum Gasteiger partial charge on any atom is 0.255 e. The first kappa shape index (κ1) is 15.0. The number of carbonyl (C=O) groups excluding carboxylic acids is 1. The molecule has 0 N–H and O–H groups in total. The Balaban J connectivity index is 1.85. The summed E-state index contributed by atoms with van der Waals surface area (Å²) in [5.41, 5.74) is 1.52. The molecule has 1 amide bonds. The smallest absolute Gasteiger partial charge is 0.255 e. The van der Waals surface area contributed by atoms with Gasteiger partial charge in [0.15, 0.2) is 5.65 Å². The van der Waals surface area contributed by atoms with Gasteiger partial charge in [-0.05, 0) is 45.1 Å². The Morgan fingerprint density at radius 2 is 2.09 bits per heavy atom. The van der Waals surface area contributed by atoms with Crippen molar-refractivity contribution >= 4 is 16.9 Å². The second-order valence-corrected chi connectivity index (χ2v) is 6.65. The van der Waals surface area contributed by atoms with Crippen LogP contribution < -0.4 is 0 Å². The molecule has 0 aliphatic carbocycles. The summed E-state index contributed by atoms with van der Waals surface area (Å²) in [6.45, 7) is 8.12. The number of rotatable bonds is 2. The first-order valence-electron chi connectivity index (χ1n) is 8.19. The maximum atomic E-state index is 12.7. The van der Waals surface area contributed by atoms with Gasteiger partial charge in [0.25, 0.3) is 5.91 Å². The van der Waals surface area contributed by atoms with Crippen LogP contribution in [0.1, 0.15) is 56.4 Å². The first-order chi connectivity index (χ1) is 10.6. The van der Waals surface area contributed by atoms with Gasteiger partial charge in [-0.1, -0.05) is 6.92 Å². The van der Waals surface area contributed by atoms with Crippen LogP contribution in [0.3, 0.4) is 0 Å². The van der Waals surface area contributed by atoms with Crippen LogP contribution in [0, 0.1) is 5.92 Å². The van der Waals surface area contributed by atoms with Gasteiger partial charge in [-0.25, -0.2) is 9.67 Å². The number of likely N-dealkylation sites (tertiary alicyclic amines) is 1. The molecule has 22 heavy (non-hydrogen) atoms. The number of fused-ring (bicyclic) bond motifs is 1. The molecule has 5 heteroatoms. The average Bonchev–Trinajstić information content (AvgIpc) is 2.81. The van der Waals surface area contributed by atoms with Crippen molar-refractivity contribution in [2.75, 3.05) is 13.1 Å². The highest BCUT2D eigenvalue weighted by Crippen LogP contribution is 2.20. The van der Waals surface area contributed by atoms with E-state index in [1.807, 2.05) is 15.6 Å². The van der Waals surface area contributed by atoms with Gasteiger partial charge in [-0.3, -0.25) is 4.79 Å². The van der Waals surface area contributed by atoms with E-state index in [1.165, 1.54) is 6.42 Å². The number of pyridine rings is 1. The van der Waals surface area contributed by atoms with E-state index in [-0.39, 0.29) is 11.9 Å². The standard InChI is InChI=1S/C17H24N4O/c1-12(2)21-16-14(11-19-21)9-15(10-18-16)17(22)20-7-4-5-13(3)6-8-20/h9-13H,4-8H2,1-3H3. The van der Waals surface area contributed by atoms with E-state index in [0.29, 0.717) is 11.5 Å². The van der Waals surface area contributed by atoms with Crippen molar-refractivity contribution < 1.29 is 4.79 Å². The first-order valence-corrected chi connectivity index (χ1v) is 8.19. The molecule has 1 aliphatic rings. The topological polar surface area (TPSA) is 51.0 Å². The van der Waals surface area contributed by atoms with Crippen molar-refractivity contribution in [3.8, 4) is 0 Å². The van der Waals surface area contributed by atoms with Gasteiger partial charge in [-0.15, -0.1) is 0 Å². The molecule has 118 valence electrons. The van der Waals surface area contributed by atoms with Crippen molar-refractivity contribution in [2.45, 2.75) is 46.1 Å². The number of amides is 1. The third-order valence-electron chi connectivity index (χ3n) is 4.47. The zero-order chi connectivity index (χ0) is 15.7. The van der Waals surface area contributed by atoms with Gasteiger partial charge in [-0.2, -0.15) is 5.10 Å². The molecule has 1 fully saturated rings. The Morgan fingerprint density at radius 3 is 2.86 bits per heavy atom. The van der Waals surface area contributed by atoms with Gasteiger partial charge >= 0.3 is 0 Å². The second-order valence-electron chi connectivity index (χ2n) is 6.65. The zero-order valence-corrected chi connectivity index (χ0v) is 13.6. The number of hydrogen-bond donors (Lipinski definition) is 0. The van der Waals surface area contributed by atoms with Gasteiger partial charge in [0, 0.05) is 30.7 Å². The van der Waals surface area contributed by atoms with Crippen LogP contribution in [0.4, 0.5) is 0 Å². The van der Waals surface area contributed by atoms with Crippen molar-refractivity contribution in [2.24, 2.45) is 5.92 Å². The van der Waals surface area contributed by atoms with Crippen LogP contribution in [-0.2, 0) is 0 Å². The van der Waals surface area contributed by atoms with E-state index in [9.17, 15) is 4.79 Å². The highest BCUT2D eigenvalue weighted by Gasteiger charge is 2.20. The van der Waals surface area contributed by atoms with E-state index in [1.54, 1.807) is 12.4 Å². The number of carbonyl (C=O) groups is 1. The summed E-state index contributed by atoms with van der Waals surface area (Å²) in [5, 5.41) is 5.30. The predicted molar refractivity (Wildman–Crippen MR) is 86.8 cm³/mol. The third kappa shape index (κ3) is 2.85. The lowest BCUT2D eigenvalue weighted by atomic mass is 10.0. The Hall–Kier alpha value is -1.91. The third-order valence-corrected chi connectivity index (χ3v) is 4.47. The highest BCUT2D eigenvalue weighted by atomic mass is 16.2. The minimum absolute atomic E-state index is 0.0980. The molecule has 3 heterocycles. The molecule has 1 unspecified atom stereocenters. The molecule has 2 aromatic rings. The minimum Gasteiger partial charge on any atom is -0.339 e. The maximum absolute atomic E-state index is 12.7. The molecule has 0 spiro atoms. The molecule has 2 aromatic heterocycles. The molecule has 0 radical (unpaired) electrons. The molecule has 1 saturated heterocycles. The second kappa shape index (κ2) is 6.07. The summed E-state index contributed by atoms with van der Waals surface area (Å²) < 4.78 is 1.89. The molecule has 3 rings (SSSR count). The quantitative estimate of drug-likeness (QED) is 0.855. The van der Waals surface area contributed by atoms with Crippen molar-refractivity contribution in [3.05, 3.63) is 24.0 Å². The number of hydrogen-bond acceptors (Lipinski definition) is 3. The summed E-state index contributed by atoms with van der Waals surface area (Å²) in [6, 6.07) is 2.18.